The van der Waals surface area contributed by atoms with Crippen molar-refractivity contribution in [2.75, 3.05) is 7.05 Å². The van der Waals surface area contributed by atoms with E-state index in [2.05, 4.69) is 5.32 Å². The second-order valence-corrected chi connectivity index (χ2v) is 3.33. The van der Waals surface area contributed by atoms with E-state index in [1.165, 1.54) is 7.05 Å². The molecule has 0 amide bonds. The molecule has 1 nitrogen and oxygen atoms in total. The fourth-order valence-corrected chi connectivity index (χ4v) is 1.38. The lowest BCUT2D eigenvalue weighted by atomic mass is 10.0. The summed E-state index contributed by atoms with van der Waals surface area (Å²) in [6.07, 6.45) is -5.68. The monoisotopic (exact) mass is 239 g/mol. The first kappa shape index (κ1) is 12.9. The molecular weight excluding hydrogens is 229 g/mol. The number of halogens is 5. The normalized spacial score (nSPS) is 13.9. The highest BCUT2D eigenvalue weighted by molar-refractivity contribution is 5.22. The number of nitrogens with one attached hydrogen (secondary N) is 1. The Labute approximate surface area is 89.3 Å². The largest absolute Gasteiger partial charge is 0.390 e. The van der Waals surface area contributed by atoms with Crippen LogP contribution in [0, 0.1) is 11.6 Å². The molecule has 0 aliphatic heterocycles. The Bertz CT molecular complexity index is 361. The van der Waals surface area contributed by atoms with Gasteiger partial charge in [0.25, 0.3) is 0 Å². The van der Waals surface area contributed by atoms with E-state index >= 15 is 0 Å². The molecular formula is C10H10F5N. The molecule has 1 N–H and O–H groups in total. The van der Waals surface area contributed by atoms with Crippen LogP contribution in [0.15, 0.2) is 18.2 Å². The van der Waals surface area contributed by atoms with Crippen molar-refractivity contribution in [3.63, 3.8) is 0 Å². The molecule has 90 valence electrons. The number of hydrogen-bond donors (Lipinski definition) is 1. The van der Waals surface area contributed by atoms with E-state index in [1.54, 1.807) is 0 Å². The minimum Gasteiger partial charge on any atom is -0.313 e. The Kier molecular flexibility index (Phi) is 3.85. The summed E-state index contributed by atoms with van der Waals surface area (Å²) in [6, 6.07) is 1.16. The van der Waals surface area contributed by atoms with Gasteiger partial charge in [-0.25, -0.2) is 8.78 Å². The third-order valence-corrected chi connectivity index (χ3v) is 2.12. The van der Waals surface area contributed by atoms with Crippen molar-refractivity contribution < 1.29 is 22.0 Å². The molecule has 0 fully saturated rings. The molecule has 16 heavy (non-hydrogen) atoms. The fourth-order valence-electron chi connectivity index (χ4n) is 1.38. The summed E-state index contributed by atoms with van der Waals surface area (Å²) in [4.78, 5) is 0. The molecule has 0 spiro atoms. The number of rotatable bonds is 3. The van der Waals surface area contributed by atoms with Crippen LogP contribution in [0.2, 0.25) is 0 Å². The molecule has 1 rings (SSSR count). The van der Waals surface area contributed by atoms with E-state index in [-0.39, 0.29) is 5.56 Å². The molecule has 6 heteroatoms. The lowest BCUT2D eigenvalue weighted by Crippen LogP contribution is -2.24. The van der Waals surface area contributed by atoms with Crippen molar-refractivity contribution in [3.8, 4) is 0 Å². The molecule has 0 heterocycles. The third-order valence-electron chi connectivity index (χ3n) is 2.12. The van der Waals surface area contributed by atoms with Crippen molar-refractivity contribution in [1.82, 2.24) is 5.32 Å². The van der Waals surface area contributed by atoms with E-state index in [0.717, 1.165) is 18.2 Å². The molecule has 0 aliphatic carbocycles. The summed E-state index contributed by atoms with van der Waals surface area (Å²) in [5.74, 6) is -1.62. The van der Waals surface area contributed by atoms with E-state index in [4.69, 9.17) is 0 Å². The zero-order chi connectivity index (χ0) is 12.3. The minimum absolute atomic E-state index is 0.320. The SMILES string of the molecule is CNC(CC(F)(F)F)c1cc(F)ccc1F. The maximum absolute atomic E-state index is 13.2. The first-order valence-electron chi connectivity index (χ1n) is 4.52. The molecule has 0 saturated heterocycles. The van der Waals surface area contributed by atoms with Crippen molar-refractivity contribution in [2.24, 2.45) is 0 Å². The van der Waals surface area contributed by atoms with E-state index in [9.17, 15) is 22.0 Å². The standard InChI is InChI=1S/C10H10F5N/c1-16-9(5-10(13,14)15)7-4-6(11)2-3-8(7)12/h2-4,9,16H,5H2,1H3. The first-order valence-corrected chi connectivity index (χ1v) is 4.52. The van der Waals surface area contributed by atoms with Gasteiger partial charge in [0.05, 0.1) is 6.42 Å². The first-order chi connectivity index (χ1) is 7.33. The van der Waals surface area contributed by atoms with Crippen molar-refractivity contribution >= 4 is 0 Å². The van der Waals surface area contributed by atoms with Crippen LogP contribution in [-0.2, 0) is 0 Å². The molecule has 0 radical (unpaired) electrons. The van der Waals surface area contributed by atoms with Crippen molar-refractivity contribution in [3.05, 3.63) is 35.4 Å². The topological polar surface area (TPSA) is 12.0 Å². The highest BCUT2D eigenvalue weighted by Gasteiger charge is 2.33. The predicted molar refractivity (Wildman–Crippen MR) is 48.8 cm³/mol. The highest BCUT2D eigenvalue weighted by atomic mass is 19.4. The molecule has 0 aliphatic rings. The van der Waals surface area contributed by atoms with Crippen LogP contribution in [0.3, 0.4) is 0 Å². The zero-order valence-corrected chi connectivity index (χ0v) is 8.41. The van der Waals surface area contributed by atoms with Crippen LogP contribution in [0.5, 0.6) is 0 Å². The third kappa shape index (κ3) is 3.44. The number of hydrogen-bond acceptors (Lipinski definition) is 1. The lowest BCUT2D eigenvalue weighted by molar-refractivity contribution is -0.140. The summed E-state index contributed by atoms with van der Waals surface area (Å²) in [5, 5.41) is 2.32. The summed E-state index contributed by atoms with van der Waals surface area (Å²) in [5.41, 5.74) is -0.320. The van der Waals surface area contributed by atoms with Crippen molar-refractivity contribution in [2.45, 2.75) is 18.6 Å². The minimum atomic E-state index is -4.44. The summed E-state index contributed by atoms with van der Waals surface area (Å²) in [6.45, 7) is 0. The van der Waals surface area contributed by atoms with Gasteiger partial charge < -0.3 is 5.32 Å². The van der Waals surface area contributed by atoms with Crippen molar-refractivity contribution in [1.29, 1.82) is 0 Å². The molecule has 1 atom stereocenters. The highest BCUT2D eigenvalue weighted by Crippen LogP contribution is 2.30. The molecule has 1 aromatic rings. The zero-order valence-electron chi connectivity index (χ0n) is 8.41. The van der Waals surface area contributed by atoms with Gasteiger partial charge >= 0.3 is 6.18 Å². The van der Waals surface area contributed by atoms with Gasteiger partial charge in [-0.05, 0) is 25.2 Å². The number of benzene rings is 1. The maximum atomic E-state index is 13.2. The Morgan fingerprint density at radius 1 is 1.25 bits per heavy atom. The van der Waals surface area contributed by atoms with Gasteiger partial charge in [-0.2, -0.15) is 13.2 Å². The van der Waals surface area contributed by atoms with Gasteiger partial charge in [0, 0.05) is 11.6 Å². The van der Waals surface area contributed by atoms with Gasteiger partial charge in [0.2, 0.25) is 0 Å². The van der Waals surface area contributed by atoms with Gasteiger partial charge in [-0.15, -0.1) is 0 Å². The van der Waals surface area contributed by atoms with E-state index in [0.29, 0.717) is 0 Å². The average Bonchev–Trinajstić information content (AvgIpc) is 2.17. The molecule has 0 aromatic heterocycles. The Balaban J connectivity index is 2.99. The van der Waals surface area contributed by atoms with Gasteiger partial charge in [-0.1, -0.05) is 0 Å². The van der Waals surface area contributed by atoms with Crippen LogP contribution in [-0.4, -0.2) is 13.2 Å². The molecule has 1 aromatic carbocycles. The Morgan fingerprint density at radius 2 is 1.88 bits per heavy atom. The van der Waals surface area contributed by atoms with Crippen LogP contribution >= 0.6 is 0 Å². The van der Waals surface area contributed by atoms with Gasteiger partial charge in [-0.3, -0.25) is 0 Å². The second kappa shape index (κ2) is 4.78. The predicted octanol–water partition coefficient (Wildman–Crippen LogP) is 3.18. The second-order valence-electron chi connectivity index (χ2n) is 3.33. The van der Waals surface area contributed by atoms with Gasteiger partial charge in [0.1, 0.15) is 11.6 Å². The lowest BCUT2D eigenvalue weighted by Gasteiger charge is -2.19. The quantitative estimate of drug-likeness (QED) is 0.799. The fraction of sp³-hybridized carbons (Fsp3) is 0.400. The molecule has 0 saturated carbocycles. The Morgan fingerprint density at radius 3 is 2.38 bits per heavy atom. The summed E-state index contributed by atoms with van der Waals surface area (Å²) < 4.78 is 62.5. The Hall–Kier alpha value is -1.17. The number of alkyl halides is 3. The van der Waals surface area contributed by atoms with Crippen LogP contribution < -0.4 is 5.32 Å². The smallest absolute Gasteiger partial charge is 0.313 e. The molecule has 0 bridgehead atoms. The summed E-state index contributed by atoms with van der Waals surface area (Å²) >= 11 is 0. The van der Waals surface area contributed by atoms with E-state index < -0.39 is 30.3 Å². The maximum Gasteiger partial charge on any atom is 0.390 e. The van der Waals surface area contributed by atoms with Crippen LogP contribution in [0.25, 0.3) is 0 Å². The van der Waals surface area contributed by atoms with Crippen LogP contribution in [0.1, 0.15) is 18.0 Å². The average molecular weight is 239 g/mol. The van der Waals surface area contributed by atoms with E-state index in [1.807, 2.05) is 0 Å². The van der Waals surface area contributed by atoms with Gasteiger partial charge in [0.15, 0.2) is 0 Å². The van der Waals surface area contributed by atoms with Crippen LogP contribution in [0.4, 0.5) is 22.0 Å². The summed E-state index contributed by atoms with van der Waals surface area (Å²) in [7, 11) is 1.26. The molecule has 1 unspecified atom stereocenters.